The van der Waals surface area contributed by atoms with E-state index in [9.17, 15) is 5.11 Å². The fraction of sp³-hybridized carbons (Fsp3) is 1.00. The van der Waals surface area contributed by atoms with Gasteiger partial charge in [0, 0.05) is 38.3 Å². The van der Waals surface area contributed by atoms with E-state index in [2.05, 4.69) is 23.6 Å². The SMILES string of the molecule is CC1(C)CCC(O)C(N2CCN(C3CCCC3)CC2)C1. The lowest BCUT2D eigenvalue weighted by Gasteiger charge is -2.47. The first kappa shape index (κ1) is 14.8. The van der Waals surface area contributed by atoms with Crippen molar-refractivity contribution < 1.29 is 5.11 Å². The summed E-state index contributed by atoms with van der Waals surface area (Å²) < 4.78 is 0. The highest BCUT2D eigenvalue weighted by Crippen LogP contribution is 2.38. The van der Waals surface area contributed by atoms with Gasteiger partial charge in [-0.2, -0.15) is 0 Å². The van der Waals surface area contributed by atoms with Crippen molar-refractivity contribution in [3.8, 4) is 0 Å². The second-order valence-electron chi connectivity index (χ2n) is 8.05. The molecule has 0 bridgehead atoms. The Kier molecular flexibility index (Phi) is 4.40. The molecule has 1 saturated heterocycles. The second-order valence-corrected chi connectivity index (χ2v) is 8.05. The van der Waals surface area contributed by atoms with E-state index in [4.69, 9.17) is 0 Å². The number of piperazine rings is 1. The molecule has 2 atom stereocenters. The lowest BCUT2D eigenvalue weighted by atomic mass is 9.73. The van der Waals surface area contributed by atoms with Crippen LogP contribution in [0.5, 0.6) is 0 Å². The molecule has 0 aromatic heterocycles. The Bertz CT molecular complexity index is 317. The summed E-state index contributed by atoms with van der Waals surface area (Å²) in [6.07, 6.45) is 8.92. The molecule has 0 aromatic rings. The molecular formula is C17H32N2O. The Hall–Kier alpha value is -0.120. The molecular weight excluding hydrogens is 248 g/mol. The van der Waals surface area contributed by atoms with Crippen LogP contribution in [0, 0.1) is 5.41 Å². The molecule has 1 aliphatic heterocycles. The van der Waals surface area contributed by atoms with Crippen LogP contribution in [0.4, 0.5) is 0 Å². The van der Waals surface area contributed by atoms with E-state index in [1.807, 2.05) is 0 Å². The summed E-state index contributed by atoms with van der Waals surface area (Å²) in [5.74, 6) is 0. The lowest BCUT2D eigenvalue weighted by Crippen LogP contribution is -2.57. The summed E-state index contributed by atoms with van der Waals surface area (Å²) >= 11 is 0. The zero-order valence-electron chi connectivity index (χ0n) is 13.4. The van der Waals surface area contributed by atoms with Gasteiger partial charge in [0.2, 0.25) is 0 Å². The number of nitrogens with zero attached hydrogens (tertiary/aromatic N) is 2. The molecule has 3 aliphatic rings. The van der Waals surface area contributed by atoms with Gasteiger partial charge in [-0.25, -0.2) is 0 Å². The number of aliphatic hydroxyl groups is 1. The maximum absolute atomic E-state index is 10.4. The summed E-state index contributed by atoms with van der Waals surface area (Å²) in [6, 6.07) is 1.27. The van der Waals surface area contributed by atoms with E-state index in [1.54, 1.807) is 0 Å². The Morgan fingerprint density at radius 2 is 1.50 bits per heavy atom. The van der Waals surface area contributed by atoms with Crippen LogP contribution in [0.2, 0.25) is 0 Å². The van der Waals surface area contributed by atoms with Gasteiger partial charge in [0.25, 0.3) is 0 Å². The third kappa shape index (κ3) is 3.20. The van der Waals surface area contributed by atoms with Gasteiger partial charge in [0.05, 0.1) is 6.10 Å². The summed E-state index contributed by atoms with van der Waals surface area (Å²) in [6.45, 7) is 9.48. The summed E-state index contributed by atoms with van der Waals surface area (Å²) in [7, 11) is 0. The molecule has 20 heavy (non-hydrogen) atoms. The molecule has 116 valence electrons. The van der Waals surface area contributed by atoms with Crippen LogP contribution in [-0.2, 0) is 0 Å². The number of aliphatic hydroxyl groups excluding tert-OH is 1. The predicted octanol–water partition coefficient (Wildman–Crippen LogP) is 2.49. The van der Waals surface area contributed by atoms with Crippen LogP contribution in [0.15, 0.2) is 0 Å². The van der Waals surface area contributed by atoms with Crippen LogP contribution in [0.3, 0.4) is 0 Å². The first-order valence-electron chi connectivity index (χ1n) is 8.71. The first-order valence-corrected chi connectivity index (χ1v) is 8.71. The summed E-state index contributed by atoms with van der Waals surface area (Å²) in [5.41, 5.74) is 0.409. The van der Waals surface area contributed by atoms with Crippen LogP contribution in [0.25, 0.3) is 0 Å². The number of hydrogen-bond donors (Lipinski definition) is 1. The van der Waals surface area contributed by atoms with E-state index in [0.29, 0.717) is 11.5 Å². The van der Waals surface area contributed by atoms with Crippen molar-refractivity contribution in [3.63, 3.8) is 0 Å². The monoisotopic (exact) mass is 280 g/mol. The first-order chi connectivity index (χ1) is 9.55. The smallest absolute Gasteiger partial charge is 0.0695 e. The predicted molar refractivity (Wildman–Crippen MR) is 82.8 cm³/mol. The van der Waals surface area contributed by atoms with Gasteiger partial charge in [-0.3, -0.25) is 9.80 Å². The van der Waals surface area contributed by atoms with E-state index < -0.39 is 0 Å². The Labute approximate surface area is 124 Å². The Morgan fingerprint density at radius 3 is 2.15 bits per heavy atom. The van der Waals surface area contributed by atoms with Crippen molar-refractivity contribution in [1.82, 2.24) is 9.80 Å². The molecule has 3 heteroatoms. The lowest BCUT2D eigenvalue weighted by molar-refractivity contribution is -0.0380. The molecule has 3 nitrogen and oxygen atoms in total. The minimum Gasteiger partial charge on any atom is -0.391 e. The molecule has 3 fully saturated rings. The van der Waals surface area contributed by atoms with Gasteiger partial charge in [0.15, 0.2) is 0 Å². The van der Waals surface area contributed by atoms with Crippen molar-refractivity contribution in [1.29, 1.82) is 0 Å². The standard InChI is InChI=1S/C17H32N2O/c1-17(2)8-7-16(20)15(13-17)19-11-9-18(10-12-19)14-5-3-4-6-14/h14-16,20H,3-13H2,1-2H3. The molecule has 0 spiro atoms. The molecule has 2 unspecified atom stereocenters. The van der Waals surface area contributed by atoms with Crippen molar-refractivity contribution >= 4 is 0 Å². The largest absolute Gasteiger partial charge is 0.391 e. The maximum atomic E-state index is 10.4. The topological polar surface area (TPSA) is 26.7 Å². The van der Waals surface area contributed by atoms with Crippen molar-refractivity contribution in [3.05, 3.63) is 0 Å². The molecule has 1 N–H and O–H groups in total. The summed E-state index contributed by atoms with van der Waals surface area (Å²) in [5, 5.41) is 10.4. The molecule has 2 aliphatic carbocycles. The van der Waals surface area contributed by atoms with Gasteiger partial charge < -0.3 is 5.11 Å². The van der Waals surface area contributed by atoms with Crippen molar-refractivity contribution in [2.45, 2.75) is 77.0 Å². The highest BCUT2D eigenvalue weighted by molar-refractivity contribution is 4.93. The zero-order chi connectivity index (χ0) is 14.2. The van der Waals surface area contributed by atoms with Crippen molar-refractivity contribution in [2.24, 2.45) is 5.41 Å². The summed E-state index contributed by atoms with van der Waals surface area (Å²) in [4.78, 5) is 5.29. The van der Waals surface area contributed by atoms with Gasteiger partial charge in [-0.15, -0.1) is 0 Å². The van der Waals surface area contributed by atoms with Crippen LogP contribution in [-0.4, -0.2) is 59.3 Å². The van der Waals surface area contributed by atoms with E-state index in [0.717, 1.165) is 32.0 Å². The zero-order valence-corrected chi connectivity index (χ0v) is 13.4. The van der Waals surface area contributed by atoms with Gasteiger partial charge in [-0.1, -0.05) is 26.7 Å². The molecule has 3 rings (SSSR count). The molecule has 2 saturated carbocycles. The minimum atomic E-state index is -0.0962. The van der Waals surface area contributed by atoms with Gasteiger partial charge in [0.1, 0.15) is 0 Å². The maximum Gasteiger partial charge on any atom is 0.0695 e. The van der Waals surface area contributed by atoms with Crippen LogP contribution < -0.4 is 0 Å². The highest BCUT2D eigenvalue weighted by Gasteiger charge is 2.38. The number of hydrogen-bond acceptors (Lipinski definition) is 3. The van der Waals surface area contributed by atoms with Gasteiger partial charge >= 0.3 is 0 Å². The van der Waals surface area contributed by atoms with E-state index in [1.165, 1.54) is 45.2 Å². The average molecular weight is 280 g/mol. The number of rotatable bonds is 2. The van der Waals surface area contributed by atoms with Crippen molar-refractivity contribution in [2.75, 3.05) is 26.2 Å². The average Bonchev–Trinajstić information content (AvgIpc) is 2.96. The van der Waals surface area contributed by atoms with Crippen LogP contribution >= 0.6 is 0 Å². The Morgan fingerprint density at radius 1 is 0.900 bits per heavy atom. The molecule has 0 aromatic carbocycles. The molecule has 1 heterocycles. The van der Waals surface area contributed by atoms with E-state index >= 15 is 0 Å². The highest BCUT2D eigenvalue weighted by atomic mass is 16.3. The van der Waals surface area contributed by atoms with Crippen LogP contribution in [0.1, 0.15) is 58.8 Å². The quantitative estimate of drug-likeness (QED) is 0.842. The fourth-order valence-corrected chi connectivity index (χ4v) is 4.61. The third-order valence-electron chi connectivity index (χ3n) is 5.98. The van der Waals surface area contributed by atoms with Gasteiger partial charge in [-0.05, 0) is 37.5 Å². The Balaban J connectivity index is 1.54. The molecule has 0 amide bonds. The minimum absolute atomic E-state index is 0.0962. The second kappa shape index (κ2) is 5.94. The third-order valence-corrected chi connectivity index (χ3v) is 5.98. The van der Waals surface area contributed by atoms with E-state index in [-0.39, 0.29) is 6.10 Å². The molecule has 0 radical (unpaired) electrons. The fourth-order valence-electron chi connectivity index (χ4n) is 4.61. The normalized spacial score (nSPS) is 37.4.